The van der Waals surface area contributed by atoms with Gasteiger partial charge in [0.05, 0.1) is 6.04 Å². The summed E-state index contributed by atoms with van der Waals surface area (Å²) in [6.07, 6.45) is 0.478. The Bertz CT molecular complexity index is 589. The van der Waals surface area contributed by atoms with Crippen molar-refractivity contribution in [3.8, 4) is 0 Å². The zero-order chi connectivity index (χ0) is 19.0. The Morgan fingerprint density at radius 3 is 2.08 bits per heavy atom. The second-order valence-corrected chi connectivity index (χ2v) is 6.49. The van der Waals surface area contributed by atoms with Crippen LogP contribution < -0.4 is 16.0 Å². The molecule has 25 heavy (non-hydrogen) atoms. The van der Waals surface area contributed by atoms with E-state index in [0.717, 1.165) is 0 Å². The number of hydrogen-bond donors (Lipinski definition) is 4. The molecule has 0 radical (unpaired) electrons. The molecule has 0 aliphatic heterocycles. The van der Waals surface area contributed by atoms with E-state index in [0.29, 0.717) is 12.1 Å². The summed E-state index contributed by atoms with van der Waals surface area (Å²) in [6.45, 7) is 6.95. The summed E-state index contributed by atoms with van der Waals surface area (Å²) in [7, 11) is 0. The van der Waals surface area contributed by atoms with Crippen LogP contribution in [-0.4, -0.2) is 41.0 Å². The molecule has 0 aromatic heterocycles. The lowest BCUT2D eigenvalue weighted by Crippen LogP contribution is -2.53. The molecule has 138 valence electrons. The number of para-hydroxylation sites is 1. The number of carbonyl (C=O) groups excluding carboxylic acids is 2. The smallest absolute Gasteiger partial charge is 0.320 e. The third-order valence-electron chi connectivity index (χ3n) is 3.65. The van der Waals surface area contributed by atoms with Crippen molar-refractivity contribution in [3.63, 3.8) is 0 Å². The number of carboxylic acid groups (broad SMARTS) is 1. The first-order valence-electron chi connectivity index (χ1n) is 8.35. The number of rotatable bonds is 9. The number of nitrogens with one attached hydrogen (secondary N) is 3. The maximum atomic E-state index is 12.5. The molecule has 0 heterocycles. The second kappa shape index (κ2) is 9.78. The minimum atomic E-state index is -1.04. The van der Waals surface area contributed by atoms with Crippen LogP contribution >= 0.6 is 0 Å². The molecule has 7 nitrogen and oxygen atoms in total. The number of hydrogen-bond acceptors (Lipinski definition) is 4. The van der Waals surface area contributed by atoms with E-state index in [4.69, 9.17) is 5.11 Å². The van der Waals surface area contributed by atoms with Gasteiger partial charge in [0.25, 0.3) is 0 Å². The first-order valence-corrected chi connectivity index (χ1v) is 8.35. The van der Waals surface area contributed by atoms with Gasteiger partial charge >= 0.3 is 5.97 Å². The Morgan fingerprint density at radius 1 is 0.960 bits per heavy atom. The minimum absolute atomic E-state index is 0.202. The van der Waals surface area contributed by atoms with Gasteiger partial charge in [0.15, 0.2) is 0 Å². The number of aliphatic carboxylic acids is 1. The highest BCUT2D eigenvalue weighted by Crippen LogP contribution is 2.10. The van der Waals surface area contributed by atoms with Crippen LogP contribution in [0.4, 0.5) is 5.69 Å². The van der Waals surface area contributed by atoms with Gasteiger partial charge in [0, 0.05) is 5.69 Å². The fourth-order valence-corrected chi connectivity index (χ4v) is 2.27. The maximum absolute atomic E-state index is 12.5. The average Bonchev–Trinajstić information content (AvgIpc) is 2.54. The quantitative estimate of drug-likeness (QED) is 0.542. The minimum Gasteiger partial charge on any atom is -0.480 e. The van der Waals surface area contributed by atoms with Gasteiger partial charge in [-0.05, 0) is 38.3 Å². The lowest BCUT2D eigenvalue weighted by Gasteiger charge is -2.23. The lowest BCUT2D eigenvalue weighted by atomic mass is 10.0. The van der Waals surface area contributed by atoms with E-state index >= 15 is 0 Å². The summed E-state index contributed by atoms with van der Waals surface area (Å²) in [6, 6.07) is 6.72. The van der Waals surface area contributed by atoms with E-state index in [1.165, 1.54) is 6.92 Å². The molecule has 1 aromatic rings. The van der Waals surface area contributed by atoms with Crippen molar-refractivity contribution in [1.29, 1.82) is 0 Å². The molecule has 3 atom stereocenters. The van der Waals surface area contributed by atoms with Crippen molar-refractivity contribution in [2.75, 3.05) is 5.32 Å². The molecule has 0 spiro atoms. The van der Waals surface area contributed by atoms with E-state index in [1.807, 2.05) is 32.0 Å². The summed E-state index contributed by atoms with van der Waals surface area (Å²) in [5.74, 6) is -1.55. The molecule has 1 rings (SSSR count). The SMILES string of the molecule is CC(C)C[C@H](NC(=O)[C@@H](C)NC(C)C(=O)O)C(=O)Nc1ccccc1. The first-order chi connectivity index (χ1) is 11.7. The Labute approximate surface area is 148 Å². The molecular weight excluding hydrogens is 322 g/mol. The maximum Gasteiger partial charge on any atom is 0.320 e. The zero-order valence-electron chi connectivity index (χ0n) is 15.1. The molecule has 1 unspecified atom stereocenters. The predicted molar refractivity (Wildman–Crippen MR) is 96.2 cm³/mol. The third kappa shape index (κ3) is 7.34. The van der Waals surface area contributed by atoms with Crippen LogP contribution in [-0.2, 0) is 14.4 Å². The average molecular weight is 349 g/mol. The van der Waals surface area contributed by atoms with Gasteiger partial charge in [-0.3, -0.25) is 19.7 Å². The van der Waals surface area contributed by atoms with E-state index in [-0.39, 0.29) is 11.8 Å². The van der Waals surface area contributed by atoms with Crippen LogP contribution in [0.1, 0.15) is 34.1 Å². The highest BCUT2D eigenvalue weighted by atomic mass is 16.4. The Balaban J connectivity index is 2.72. The Kier molecular flexibility index (Phi) is 8.07. The summed E-state index contributed by atoms with van der Waals surface area (Å²) < 4.78 is 0. The fourth-order valence-electron chi connectivity index (χ4n) is 2.27. The van der Waals surface area contributed by atoms with Crippen LogP contribution in [0.15, 0.2) is 30.3 Å². The number of carboxylic acids is 1. The predicted octanol–water partition coefficient (Wildman–Crippen LogP) is 1.61. The van der Waals surface area contributed by atoms with E-state index in [9.17, 15) is 14.4 Å². The largest absolute Gasteiger partial charge is 0.480 e. The van der Waals surface area contributed by atoms with E-state index in [1.54, 1.807) is 19.1 Å². The van der Waals surface area contributed by atoms with Crippen molar-refractivity contribution in [3.05, 3.63) is 30.3 Å². The lowest BCUT2D eigenvalue weighted by molar-refractivity contribution is -0.139. The molecular formula is C18H27N3O4. The van der Waals surface area contributed by atoms with Crippen molar-refractivity contribution < 1.29 is 19.5 Å². The van der Waals surface area contributed by atoms with Gasteiger partial charge < -0.3 is 15.7 Å². The molecule has 0 bridgehead atoms. The van der Waals surface area contributed by atoms with Gasteiger partial charge in [-0.2, -0.15) is 0 Å². The van der Waals surface area contributed by atoms with Crippen molar-refractivity contribution in [2.24, 2.45) is 5.92 Å². The first kappa shape index (κ1) is 20.6. The molecule has 7 heteroatoms. The molecule has 0 fully saturated rings. The molecule has 4 N–H and O–H groups in total. The summed E-state index contributed by atoms with van der Waals surface area (Å²) in [4.78, 5) is 35.7. The van der Waals surface area contributed by atoms with Crippen molar-refractivity contribution in [1.82, 2.24) is 10.6 Å². The molecule has 0 saturated carbocycles. The van der Waals surface area contributed by atoms with Crippen molar-refractivity contribution >= 4 is 23.5 Å². The van der Waals surface area contributed by atoms with Gasteiger partial charge in [-0.1, -0.05) is 32.0 Å². The molecule has 2 amide bonds. The number of carbonyl (C=O) groups is 3. The topological polar surface area (TPSA) is 108 Å². The van der Waals surface area contributed by atoms with Gasteiger partial charge in [-0.25, -0.2) is 0 Å². The normalized spacial score (nSPS) is 14.4. The zero-order valence-corrected chi connectivity index (χ0v) is 15.1. The fraction of sp³-hybridized carbons (Fsp3) is 0.500. The van der Waals surface area contributed by atoms with Crippen LogP contribution in [0.5, 0.6) is 0 Å². The Morgan fingerprint density at radius 2 is 1.56 bits per heavy atom. The molecule has 1 aromatic carbocycles. The Hall–Kier alpha value is -2.41. The second-order valence-electron chi connectivity index (χ2n) is 6.49. The molecule has 0 aliphatic rings. The number of benzene rings is 1. The highest BCUT2D eigenvalue weighted by Gasteiger charge is 2.26. The van der Waals surface area contributed by atoms with Crippen LogP contribution in [0, 0.1) is 5.92 Å². The van der Waals surface area contributed by atoms with Crippen LogP contribution in [0.3, 0.4) is 0 Å². The summed E-state index contributed by atoms with van der Waals surface area (Å²) in [5, 5.41) is 17.1. The summed E-state index contributed by atoms with van der Waals surface area (Å²) in [5.41, 5.74) is 0.654. The number of amides is 2. The standard InChI is InChI=1S/C18H27N3O4/c1-11(2)10-15(17(23)20-14-8-6-5-7-9-14)21-16(22)12(3)19-13(4)18(24)25/h5-9,11-13,15,19H,10H2,1-4H3,(H,20,23)(H,21,22)(H,24,25)/t12-,13?,15+/m1/s1. The van der Waals surface area contributed by atoms with E-state index < -0.39 is 30.0 Å². The van der Waals surface area contributed by atoms with Crippen molar-refractivity contribution in [2.45, 2.75) is 52.2 Å². The molecule has 0 aliphatic carbocycles. The van der Waals surface area contributed by atoms with Gasteiger partial charge in [-0.15, -0.1) is 0 Å². The van der Waals surface area contributed by atoms with Crippen LogP contribution in [0.25, 0.3) is 0 Å². The van der Waals surface area contributed by atoms with Gasteiger partial charge in [0.1, 0.15) is 12.1 Å². The monoisotopic (exact) mass is 349 g/mol. The highest BCUT2D eigenvalue weighted by molar-refractivity contribution is 5.97. The molecule has 0 saturated heterocycles. The summed E-state index contributed by atoms with van der Waals surface area (Å²) >= 11 is 0. The third-order valence-corrected chi connectivity index (χ3v) is 3.65. The van der Waals surface area contributed by atoms with Gasteiger partial charge in [0.2, 0.25) is 11.8 Å². The van der Waals surface area contributed by atoms with E-state index in [2.05, 4.69) is 16.0 Å². The van der Waals surface area contributed by atoms with Crippen LogP contribution in [0.2, 0.25) is 0 Å². The number of anilines is 1.